The van der Waals surface area contributed by atoms with E-state index in [1.807, 2.05) is 0 Å². The van der Waals surface area contributed by atoms with Crippen LogP contribution >= 0.6 is 14.6 Å². The van der Waals surface area contributed by atoms with Crippen LogP contribution in [0.2, 0.25) is 0 Å². The minimum atomic E-state index is 0. The molecule has 4 heteroatoms. The first kappa shape index (κ1) is 27.9. The van der Waals surface area contributed by atoms with Gasteiger partial charge in [0.05, 0.1) is 0 Å². The molecule has 0 aromatic carbocycles. The second-order valence-corrected chi connectivity index (χ2v) is 17.0. The Bertz CT molecular complexity index is 375. The molecule has 0 spiro atoms. The van der Waals surface area contributed by atoms with Gasteiger partial charge in [0.25, 0.3) is 0 Å². The number of hydrogen-bond acceptors (Lipinski definition) is 0. The minimum absolute atomic E-state index is 0. The third kappa shape index (κ3) is 9.12. The third-order valence-corrected chi connectivity index (χ3v) is 16.4. The molecular formula is C26H49ClNiP2. The van der Waals surface area contributed by atoms with Crippen LogP contribution < -0.4 is 12.4 Å². The zero-order chi connectivity index (χ0) is 20.3. The van der Waals surface area contributed by atoms with Crippen molar-refractivity contribution in [2.75, 3.05) is 6.16 Å². The summed E-state index contributed by atoms with van der Waals surface area (Å²) in [6.45, 7) is 2.48. The van der Waals surface area contributed by atoms with Crippen LogP contribution in [0.4, 0.5) is 0 Å². The van der Waals surface area contributed by atoms with Crippen molar-refractivity contribution in [3.8, 4) is 0 Å². The molecule has 0 radical (unpaired) electrons. The average Bonchev–Trinajstić information content (AvgIpc) is 2.82. The zero-order valence-electron chi connectivity index (χ0n) is 19.7. The van der Waals surface area contributed by atoms with E-state index in [2.05, 4.69) is 6.92 Å². The van der Waals surface area contributed by atoms with Crippen molar-refractivity contribution in [3.05, 3.63) is 0 Å². The normalized spacial score (nSPS) is 25.6. The molecule has 4 aliphatic carbocycles. The Hall–Kier alpha value is 1.64. The van der Waals surface area contributed by atoms with E-state index < -0.39 is 0 Å². The fourth-order valence-electron chi connectivity index (χ4n) is 6.56. The van der Waals surface area contributed by atoms with Crippen molar-refractivity contribution < 1.29 is 27.4 Å². The Balaban J connectivity index is 0.000000207. The van der Waals surface area contributed by atoms with Crippen molar-refractivity contribution in [2.45, 2.75) is 158 Å². The van der Waals surface area contributed by atoms with Gasteiger partial charge in [0.2, 0.25) is 0 Å². The maximum atomic E-state index is 5.52. The van der Waals surface area contributed by atoms with Gasteiger partial charge in [-0.05, 0) is 43.2 Å². The number of hydrogen-bond donors (Lipinski definition) is 0. The van der Waals surface area contributed by atoms with Crippen LogP contribution in [-0.4, -0.2) is 28.8 Å². The molecule has 0 amide bonds. The van der Waals surface area contributed by atoms with Gasteiger partial charge >= 0.3 is 97.3 Å². The standard InChI is InChI=1S/C14H27P.C12H22P.ClH.Ni/c1-2-15(13-9-5-3-6-10-13)14-11-7-4-8-12-14;1-3-7-11(8-4-1)13-12-9-5-2-6-10-12;;/h13-14H,2-12H2,1H3;11-12H,1-10H2;1H;/q;-1;;+2/p-1. The molecule has 0 nitrogen and oxygen atoms in total. The summed E-state index contributed by atoms with van der Waals surface area (Å²) >= 11 is 5.52. The first-order valence-electron chi connectivity index (χ1n) is 13.5. The van der Waals surface area contributed by atoms with E-state index in [0.717, 1.165) is 11.3 Å². The van der Waals surface area contributed by atoms with Crippen molar-refractivity contribution >= 4 is 14.6 Å². The van der Waals surface area contributed by atoms with Crippen LogP contribution in [0.5, 0.6) is 0 Å². The summed E-state index contributed by atoms with van der Waals surface area (Å²) in [5.74, 6) is 0. The maximum absolute atomic E-state index is 5.52. The second-order valence-electron chi connectivity index (χ2n) is 10.3. The molecule has 0 aliphatic heterocycles. The fourth-order valence-corrected chi connectivity index (χ4v) is 14.0. The topological polar surface area (TPSA) is 0 Å². The van der Waals surface area contributed by atoms with Gasteiger partial charge in [0.1, 0.15) is 0 Å². The molecule has 0 N–H and O–H groups in total. The van der Waals surface area contributed by atoms with Crippen LogP contribution in [0.15, 0.2) is 0 Å². The van der Waals surface area contributed by atoms with E-state index >= 15 is 0 Å². The second kappa shape index (κ2) is 16.3. The van der Waals surface area contributed by atoms with E-state index in [1.54, 1.807) is 25.7 Å². The van der Waals surface area contributed by atoms with Gasteiger partial charge in [-0.2, -0.15) is 0 Å². The average molecular weight is 518 g/mol. The molecule has 4 rings (SSSR count). The first-order valence-corrected chi connectivity index (χ1v) is 17.8. The monoisotopic (exact) mass is 516 g/mol. The summed E-state index contributed by atoms with van der Waals surface area (Å²) in [5.41, 5.74) is 4.31. The summed E-state index contributed by atoms with van der Waals surface area (Å²) in [6, 6.07) is 0. The third-order valence-electron chi connectivity index (χ3n) is 8.25. The first-order chi connectivity index (χ1) is 14.3. The Morgan fingerprint density at radius 3 is 1.03 bits per heavy atom. The predicted octanol–water partition coefficient (Wildman–Crippen LogP) is 6.75. The molecule has 4 fully saturated rings. The number of rotatable bonds is 5. The Labute approximate surface area is 205 Å². The quantitative estimate of drug-likeness (QED) is 0.279. The van der Waals surface area contributed by atoms with Crippen LogP contribution in [-0.2, 0) is 15.0 Å². The summed E-state index contributed by atoms with van der Waals surface area (Å²) in [7, 11) is 0.405. The zero-order valence-corrected chi connectivity index (χ0v) is 23.3. The Morgan fingerprint density at radius 2 is 0.767 bits per heavy atom. The van der Waals surface area contributed by atoms with Crippen LogP contribution in [0, 0.1) is 0 Å². The van der Waals surface area contributed by atoms with Crippen LogP contribution in [0.3, 0.4) is 0 Å². The van der Waals surface area contributed by atoms with E-state index in [0.29, 0.717) is 7.92 Å². The Kier molecular flexibility index (Phi) is 15.2. The summed E-state index contributed by atoms with van der Waals surface area (Å²) in [4.78, 5) is 0. The number of halogens is 1. The van der Waals surface area contributed by atoms with Crippen LogP contribution in [0.25, 0.3) is 0 Å². The van der Waals surface area contributed by atoms with E-state index in [4.69, 9.17) is 15.0 Å². The van der Waals surface area contributed by atoms with Gasteiger partial charge in [0, 0.05) is 0 Å². The van der Waals surface area contributed by atoms with Gasteiger partial charge in [0.15, 0.2) is 0 Å². The Morgan fingerprint density at radius 1 is 0.500 bits per heavy atom. The molecule has 4 saturated carbocycles. The fraction of sp³-hybridized carbons (Fsp3) is 1.00. The van der Waals surface area contributed by atoms with Gasteiger partial charge in [-0.15, -0.1) is 7.92 Å². The van der Waals surface area contributed by atoms with Gasteiger partial charge in [-0.3, -0.25) is 0 Å². The molecule has 4 aliphatic rings. The molecule has 0 bridgehead atoms. The van der Waals surface area contributed by atoms with Gasteiger partial charge < -0.3 is 12.4 Å². The van der Waals surface area contributed by atoms with Crippen molar-refractivity contribution in [2.24, 2.45) is 0 Å². The van der Waals surface area contributed by atoms with Crippen LogP contribution in [0.1, 0.15) is 135 Å². The predicted molar refractivity (Wildman–Crippen MR) is 132 cm³/mol. The summed E-state index contributed by atoms with van der Waals surface area (Å²) in [5, 5.41) is 0. The molecule has 0 aromatic heterocycles. The molecule has 0 heterocycles. The molecule has 0 unspecified atom stereocenters. The van der Waals surface area contributed by atoms with E-state index in [9.17, 15) is 0 Å². The van der Waals surface area contributed by atoms with E-state index in [-0.39, 0.29) is 19.1 Å². The molecule has 0 aromatic rings. The molecule has 0 saturated heterocycles. The van der Waals surface area contributed by atoms with E-state index in [1.165, 1.54) is 120 Å². The van der Waals surface area contributed by atoms with Gasteiger partial charge in [-0.25, -0.2) is 0 Å². The van der Waals surface area contributed by atoms with Crippen molar-refractivity contribution in [3.63, 3.8) is 0 Å². The summed E-state index contributed by atoms with van der Waals surface area (Å²) < 4.78 is 0. The molecular weight excluding hydrogens is 468 g/mol. The summed E-state index contributed by atoms with van der Waals surface area (Å²) in [6.07, 6.45) is 31.8. The van der Waals surface area contributed by atoms with Crippen molar-refractivity contribution in [1.29, 1.82) is 0 Å². The van der Waals surface area contributed by atoms with Gasteiger partial charge in [-0.1, -0.05) is 45.4 Å². The molecule has 30 heavy (non-hydrogen) atoms. The molecule has 0 atom stereocenters. The molecule has 180 valence electrons. The SMILES string of the molecule is CCP(C1CCCCC1)C1CCCCC1.[Cl-].[Ni+][P](C1CCCCC1)C1CCCCC1. The van der Waals surface area contributed by atoms with Crippen molar-refractivity contribution in [1.82, 2.24) is 0 Å².